The zero-order valence-corrected chi connectivity index (χ0v) is 17.3. The highest BCUT2D eigenvalue weighted by Crippen LogP contribution is 2.43. The van der Waals surface area contributed by atoms with Crippen molar-refractivity contribution in [1.29, 1.82) is 0 Å². The Bertz CT molecular complexity index is 1200. The van der Waals surface area contributed by atoms with E-state index in [9.17, 15) is 22.8 Å². The molecule has 0 radical (unpaired) electrons. The summed E-state index contributed by atoms with van der Waals surface area (Å²) >= 11 is 0. The molecule has 2 heterocycles. The van der Waals surface area contributed by atoms with Crippen molar-refractivity contribution in [3.05, 3.63) is 54.5 Å². The number of carbonyl (C=O) groups is 2. The molecule has 1 aliphatic heterocycles. The van der Waals surface area contributed by atoms with Crippen molar-refractivity contribution in [2.75, 3.05) is 4.90 Å². The van der Waals surface area contributed by atoms with Gasteiger partial charge in [0.1, 0.15) is 5.82 Å². The number of benzene rings is 2. The Labute approximate surface area is 182 Å². The second-order valence-electron chi connectivity index (χ2n) is 8.54. The lowest BCUT2D eigenvalue weighted by molar-refractivity contribution is -0.143. The molecule has 1 saturated carbocycles. The van der Waals surface area contributed by atoms with Crippen LogP contribution >= 0.6 is 0 Å². The summed E-state index contributed by atoms with van der Waals surface area (Å²) in [5.41, 5.74) is 2.12. The van der Waals surface area contributed by atoms with Crippen LogP contribution in [0.3, 0.4) is 0 Å². The van der Waals surface area contributed by atoms with Gasteiger partial charge in [-0.05, 0) is 61.2 Å². The van der Waals surface area contributed by atoms with Crippen LogP contribution in [-0.2, 0) is 9.59 Å². The van der Waals surface area contributed by atoms with Crippen molar-refractivity contribution < 1.29 is 22.8 Å². The van der Waals surface area contributed by atoms with E-state index in [-0.39, 0.29) is 30.1 Å². The molecule has 2 atom stereocenters. The van der Waals surface area contributed by atoms with Gasteiger partial charge in [-0.1, -0.05) is 0 Å². The third-order valence-electron chi connectivity index (χ3n) is 6.09. The van der Waals surface area contributed by atoms with Gasteiger partial charge >= 0.3 is 5.92 Å². The molecular formula is C23H21F3N4O2. The van der Waals surface area contributed by atoms with Gasteiger partial charge in [-0.25, -0.2) is 9.07 Å². The first kappa shape index (κ1) is 20.5. The van der Waals surface area contributed by atoms with Gasteiger partial charge in [0, 0.05) is 24.4 Å². The minimum absolute atomic E-state index is 0.0180. The van der Waals surface area contributed by atoms with E-state index in [1.165, 1.54) is 12.1 Å². The van der Waals surface area contributed by atoms with Gasteiger partial charge in [0.15, 0.2) is 0 Å². The maximum absolute atomic E-state index is 13.4. The first-order valence-electron chi connectivity index (χ1n) is 10.5. The fraction of sp³-hybridized carbons (Fsp3) is 0.348. The van der Waals surface area contributed by atoms with Gasteiger partial charge < -0.3 is 10.2 Å². The highest BCUT2D eigenvalue weighted by Gasteiger charge is 2.50. The number of nitrogens with one attached hydrogen (secondary N) is 1. The number of rotatable bonds is 5. The second-order valence-corrected chi connectivity index (χ2v) is 8.54. The molecule has 9 heteroatoms. The van der Waals surface area contributed by atoms with Crippen LogP contribution in [0.5, 0.6) is 0 Å². The van der Waals surface area contributed by atoms with E-state index in [1.54, 1.807) is 34.0 Å². The Morgan fingerprint density at radius 2 is 1.81 bits per heavy atom. The van der Waals surface area contributed by atoms with Crippen molar-refractivity contribution in [2.24, 2.45) is 5.92 Å². The van der Waals surface area contributed by atoms with Crippen LogP contribution in [0, 0.1) is 11.7 Å². The van der Waals surface area contributed by atoms with Gasteiger partial charge in [0.25, 0.3) is 5.91 Å². The molecule has 2 amide bonds. The van der Waals surface area contributed by atoms with Crippen molar-refractivity contribution >= 4 is 28.4 Å². The lowest BCUT2D eigenvalue weighted by atomic mass is 10.0. The predicted molar refractivity (Wildman–Crippen MR) is 112 cm³/mol. The monoisotopic (exact) mass is 442 g/mol. The number of alkyl halides is 2. The van der Waals surface area contributed by atoms with Crippen LogP contribution in [0.4, 0.5) is 18.9 Å². The number of amides is 2. The van der Waals surface area contributed by atoms with Crippen molar-refractivity contribution in [3.63, 3.8) is 0 Å². The Balaban J connectivity index is 1.46. The van der Waals surface area contributed by atoms with Crippen LogP contribution in [-0.4, -0.2) is 39.6 Å². The summed E-state index contributed by atoms with van der Waals surface area (Å²) in [4.78, 5) is 26.4. The molecule has 5 rings (SSSR count). The van der Waals surface area contributed by atoms with Gasteiger partial charge in [-0.3, -0.25) is 9.59 Å². The minimum Gasteiger partial charge on any atom is -0.346 e. The summed E-state index contributed by atoms with van der Waals surface area (Å²) in [6, 6.07) is 10.4. The zero-order chi connectivity index (χ0) is 22.6. The van der Waals surface area contributed by atoms with E-state index < -0.39 is 17.9 Å². The number of hydrogen-bond donors (Lipinski definition) is 1. The Morgan fingerprint density at radius 1 is 1.12 bits per heavy atom. The topological polar surface area (TPSA) is 67.2 Å². The number of aromatic nitrogens is 2. The van der Waals surface area contributed by atoms with E-state index in [0.29, 0.717) is 18.3 Å². The SMILES string of the molecule is CC(F)(F)C(=O)NC1CC(=O)N(c2ccc3c(cnn3-c3ccc(F)cc3)c2)[C@@H]1C1CC1. The van der Waals surface area contributed by atoms with E-state index >= 15 is 0 Å². The first-order chi connectivity index (χ1) is 15.2. The average Bonchev–Trinajstić information content (AvgIpc) is 3.41. The molecule has 0 spiro atoms. The Kier molecular flexibility index (Phi) is 4.72. The molecule has 1 aliphatic carbocycles. The maximum atomic E-state index is 13.4. The third-order valence-corrected chi connectivity index (χ3v) is 6.09. The number of hydrogen-bond acceptors (Lipinski definition) is 3. The van der Waals surface area contributed by atoms with Crippen molar-refractivity contribution in [3.8, 4) is 5.69 Å². The molecule has 0 bridgehead atoms. The predicted octanol–water partition coefficient (Wildman–Crippen LogP) is 3.82. The van der Waals surface area contributed by atoms with Crippen molar-refractivity contribution in [2.45, 2.75) is 44.2 Å². The van der Waals surface area contributed by atoms with E-state index in [0.717, 1.165) is 23.7 Å². The highest BCUT2D eigenvalue weighted by atomic mass is 19.3. The lowest BCUT2D eigenvalue weighted by Gasteiger charge is -2.29. The summed E-state index contributed by atoms with van der Waals surface area (Å²) in [6.45, 7) is 0.551. The summed E-state index contributed by atoms with van der Waals surface area (Å²) < 4.78 is 41.8. The van der Waals surface area contributed by atoms with E-state index in [4.69, 9.17) is 0 Å². The number of halogens is 3. The fourth-order valence-corrected chi connectivity index (χ4v) is 4.44. The van der Waals surface area contributed by atoms with Crippen LogP contribution in [0.2, 0.25) is 0 Å². The molecule has 1 aromatic heterocycles. The maximum Gasteiger partial charge on any atom is 0.321 e. The molecule has 2 fully saturated rings. The van der Waals surface area contributed by atoms with E-state index in [2.05, 4.69) is 10.4 Å². The molecule has 6 nitrogen and oxygen atoms in total. The first-order valence-corrected chi connectivity index (χ1v) is 10.5. The molecule has 32 heavy (non-hydrogen) atoms. The van der Waals surface area contributed by atoms with Gasteiger partial charge in [0.2, 0.25) is 5.91 Å². The van der Waals surface area contributed by atoms with E-state index in [1.807, 2.05) is 12.1 Å². The molecule has 166 valence electrons. The Hall–Kier alpha value is -3.36. The summed E-state index contributed by atoms with van der Waals surface area (Å²) in [5.74, 6) is -5.25. The number of nitrogens with zero attached hydrogens (tertiary/aromatic N) is 3. The smallest absolute Gasteiger partial charge is 0.321 e. The van der Waals surface area contributed by atoms with Crippen LogP contribution in [0.25, 0.3) is 16.6 Å². The minimum atomic E-state index is -3.50. The molecule has 2 aromatic carbocycles. The summed E-state index contributed by atoms with van der Waals surface area (Å²) in [7, 11) is 0. The van der Waals surface area contributed by atoms with Crippen molar-refractivity contribution in [1.82, 2.24) is 15.1 Å². The zero-order valence-electron chi connectivity index (χ0n) is 17.3. The normalized spacial score (nSPS) is 21.4. The third kappa shape index (κ3) is 3.61. The average molecular weight is 442 g/mol. The van der Waals surface area contributed by atoms with Crippen LogP contribution < -0.4 is 10.2 Å². The molecule has 3 aromatic rings. The second kappa shape index (κ2) is 7.36. The molecule has 1 N–H and O–H groups in total. The largest absolute Gasteiger partial charge is 0.346 e. The van der Waals surface area contributed by atoms with Crippen LogP contribution in [0.15, 0.2) is 48.7 Å². The number of carbonyl (C=O) groups excluding carboxylic acids is 2. The van der Waals surface area contributed by atoms with Gasteiger partial charge in [0.05, 0.1) is 29.5 Å². The van der Waals surface area contributed by atoms with Gasteiger partial charge in [-0.15, -0.1) is 0 Å². The quantitative estimate of drug-likeness (QED) is 0.653. The van der Waals surface area contributed by atoms with Crippen LogP contribution in [0.1, 0.15) is 26.2 Å². The molecular weight excluding hydrogens is 421 g/mol. The highest BCUT2D eigenvalue weighted by molar-refractivity contribution is 6.00. The summed E-state index contributed by atoms with van der Waals surface area (Å²) in [5, 5.41) is 7.55. The molecule has 1 unspecified atom stereocenters. The summed E-state index contributed by atoms with van der Waals surface area (Å²) in [6.07, 6.45) is 3.41. The number of anilines is 1. The van der Waals surface area contributed by atoms with Gasteiger partial charge in [-0.2, -0.15) is 13.9 Å². The standard InChI is InChI=1S/C23H21F3N4O2/c1-23(25,26)22(32)28-18-11-20(31)29(21(18)13-2-3-13)17-8-9-19-14(10-17)12-27-30(19)16-6-4-15(24)5-7-16/h4-10,12-13,18,21H,2-3,11H2,1H3,(H,28,32)/t18?,21-/m1/s1. The molecule has 1 saturated heterocycles. The fourth-order valence-electron chi connectivity index (χ4n) is 4.44. The lowest BCUT2D eigenvalue weighted by Crippen LogP contribution is -2.50. The number of fused-ring (bicyclic) bond motifs is 1. The Morgan fingerprint density at radius 3 is 2.47 bits per heavy atom. The molecule has 2 aliphatic rings.